The third kappa shape index (κ3) is 1.95. The molecular weight excluding hydrogens is 157 g/mol. The van der Waals surface area contributed by atoms with Crippen molar-refractivity contribution >= 4 is 5.69 Å². The van der Waals surface area contributed by atoms with Crippen LogP contribution in [0.25, 0.3) is 0 Å². The molecule has 0 aliphatic heterocycles. The predicted octanol–water partition coefficient (Wildman–Crippen LogP) is 2.01. The molecule has 0 unspecified atom stereocenters. The van der Waals surface area contributed by atoms with E-state index in [2.05, 4.69) is 5.32 Å². The van der Waals surface area contributed by atoms with Gasteiger partial charge in [-0.3, -0.25) is 0 Å². The maximum atomic E-state index is 12.9. The normalized spacial score (nSPS) is 9.92. The van der Waals surface area contributed by atoms with E-state index in [0.29, 0.717) is 12.3 Å². The number of hydrogen-bond acceptors (Lipinski definition) is 2. The van der Waals surface area contributed by atoms with Crippen LogP contribution in [-0.4, -0.2) is 14.2 Å². The molecule has 3 heteroatoms. The highest BCUT2D eigenvalue weighted by Crippen LogP contribution is 2.15. The Bertz CT molecular complexity index is 263. The van der Waals surface area contributed by atoms with Gasteiger partial charge in [-0.1, -0.05) is 6.07 Å². The molecule has 0 spiro atoms. The lowest BCUT2D eigenvalue weighted by molar-refractivity contribution is 0.185. The van der Waals surface area contributed by atoms with E-state index in [-0.39, 0.29) is 5.82 Å². The van der Waals surface area contributed by atoms with Crippen LogP contribution in [0.4, 0.5) is 10.1 Å². The Morgan fingerprint density at radius 3 is 2.83 bits per heavy atom. The zero-order valence-corrected chi connectivity index (χ0v) is 7.23. The summed E-state index contributed by atoms with van der Waals surface area (Å²) in [6.45, 7) is 0.509. The highest BCUT2D eigenvalue weighted by molar-refractivity contribution is 5.46. The molecule has 0 radical (unpaired) electrons. The third-order valence-corrected chi connectivity index (χ3v) is 1.61. The average molecular weight is 169 g/mol. The molecule has 0 aliphatic carbocycles. The highest BCUT2D eigenvalue weighted by Gasteiger charge is 2.00. The smallest absolute Gasteiger partial charge is 0.146 e. The van der Waals surface area contributed by atoms with Crippen molar-refractivity contribution in [2.75, 3.05) is 19.5 Å². The summed E-state index contributed by atoms with van der Waals surface area (Å²) in [6.07, 6.45) is 0. The van der Waals surface area contributed by atoms with Crippen molar-refractivity contribution in [3.8, 4) is 0 Å². The molecule has 0 heterocycles. The number of benzene rings is 1. The summed E-state index contributed by atoms with van der Waals surface area (Å²) >= 11 is 0. The molecule has 1 N–H and O–H groups in total. The molecule has 1 aromatic carbocycles. The first kappa shape index (κ1) is 9.00. The summed E-state index contributed by atoms with van der Waals surface area (Å²) in [5.74, 6) is -0.239. The van der Waals surface area contributed by atoms with Gasteiger partial charge in [-0.25, -0.2) is 4.39 Å². The zero-order valence-electron chi connectivity index (χ0n) is 7.23. The van der Waals surface area contributed by atoms with Crippen LogP contribution in [0, 0.1) is 5.82 Å². The number of rotatable bonds is 3. The average Bonchev–Trinajstić information content (AvgIpc) is 2.09. The maximum Gasteiger partial charge on any atom is 0.146 e. The fraction of sp³-hybridized carbons (Fsp3) is 0.333. The Balaban J connectivity index is 2.89. The van der Waals surface area contributed by atoms with Crippen LogP contribution in [0.3, 0.4) is 0 Å². The number of methoxy groups -OCH3 is 1. The van der Waals surface area contributed by atoms with E-state index in [9.17, 15) is 4.39 Å². The van der Waals surface area contributed by atoms with Crippen LogP contribution in [0.15, 0.2) is 18.2 Å². The lowest BCUT2D eigenvalue weighted by Crippen LogP contribution is -1.95. The first-order chi connectivity index (χ1) is 5.77. The van der Waals surface area contributed by atoms with Gasteiger partial charge in [-0.05, 0) is 17.7 Å². The molecule has 66 valence electrons. The van der Waals surface area contributed by atoms with Gasteiger partial charge in [0.15, 0.2) is 0 Å². The summed E-state index contributed by atoms with van der Waals surface area (Å²) in [7, 11) is 3.30. The van der Waals surface area contributed by atoms with Gasteiger partial charge in [-0.2, -0.15) is 0 Å². The maximum absolute atomic E-state index is 12.9. The molecule has 2 nitrogen and oxygen atoms in total. The molecule has 1 aromatic rings. The molecule has 0 fully saturated rings. The van der Waals surface area contributed by atoms with Gasteiger partial charge in [0.25, 0.3) is 0 Å². The number of nitrogens with one attached hydrogen (secondary N) is 1. The van der Waals surface area contributed by atoms with Crippen molar-refractivity contribution in [1.82, 2.24) is 0 Å². The first-order valence-electron chi connectivity index (χ1n) is 3.73. The molecule has 0 aliphatic rings. The molecule has 0 amide bonds. The second-order valence-electron chi connectivity index (χ2n) is 2.50. The fourth-order valence-electron chi connectivity index (χ4n) is 1.02. The Morgan fingerprint density at radius 2 is 2.25 bits per heavy atom. The van der Waals surface area contributed by atoms with Crippen molar-refractivity contribution in [3.63, 3.8) is 0 Å². The molecule has 0 atom stereocenters. The van der Waals surface area contributed by atoms with Crippen LogP contribution in [0.1, 0.15) is 5.56 Å². The van der Waals surface area contributed by atoms with E-state index in [1.807, 2.05) is 0 Å². The Hall–Kier alpha value is -1.09. The minimum atomic E-state index is -0.239. The molecule has 12 heavy (non-hydrogen) atoms. The first-order valence-corrected chi connectivity index (χ1v) is 3.73. The van der Waals surface area contributed by atoms with Gasteiger partial charge in [0.1, 0.15) is 5.82 Å². The largest absolute Gasteiger partial charge is 0.386 e. The van der Waals surface area contributed by atoms with Gasteiger partial charge >= 0.3 is 0 Å². The summed E-state index contributed by atoms with van der Waals surface area (Å²) in [5.41, 5.74) is 1.47. The second kappa shape index (κ2) is 4.07. The molecule has 0 bridgehead atoms. The minimum Gasteiger partial charge on any atom is -0.386 e. The standard InChI is InChI=1S/C9H12FNO/c1-11-9-5-7(6-12-2)3-4-8(9)10/h3-5,11H,6H2,1-2H3. The van der Waals surface area contributed by atoms with E-state index in [4.69, 9.17) is 4.74 Å². The SMILES string of the molecule is CNc1cc(COC)ccc1F. The molecule has 0 saturated carbocycles. The summed E-state index contributed by atoms with van der Waals surface area (Å²) < 4.78 is 17.8. The van der Waals surface area contributed by atoms with Crippen molar-refractivity contribution in [1.29, 1.82) is 0 Å². The molecule has 0 saturated heterocycles. The Morgan fingerprint density at radius 1 is 1.50 bits per heavy atom. The van der Waals surface area contributed by atoms with E-state index in [1.165, 1.54) is 6.07 Å². The van der Waals surface area contributed by atoms with Gasteiger partial charge < -0.3 is 10.1 Å². The number of hydrogen-bond donors (Lipinski definition) is 1. The van der Waals surface area contributed by atoms with Crippen LogP contribution >= 0.6 is 0 Å². The Labute approximate surface area is 71.4 Å². The van der Waals surface area contributed by atoms with E-state index in [0.717, 1.165) is 5.56 Å². The van der Waals surface area contributed by atoms with Crippen molar-refractivity contribution in [2.24, 2.45) is 0 Å². The van der Waals surface area contributed by atoms with Crippen molar-refractivity contribution < 1.29 is 9.13 Å². The quantitative estimate of drug-likeness (QED) is 0.747. The van der Waals surface area contributed by atoms with Crippen molar-refractivity contribution in [2.45, 2.75) is 6.61 Å². The van der Waals surface area contributed by atoms with Gasteiger partial charge in [0, 0.05) is 14.2 Å². The lowest BCUT2D eigenvalue weighted by Gasteiger charge is -2.04. The molecule has 1 rings (SSSR count). The van der Waals surface area contributed by atoms with Gasteiger partial charge in [0.05, 0.1) is 12.3 Å². The topological polar surface area (TPSA) is 21.3 Å². The predicted molar refractivity (Wildman–Crippen MR) is 46.7 cm³/mol. The van der Waals surface area contributed by atoms with E-state index in [1.54, 1.807) is 26.3 Å². The molecular formula is C9H12FNO. The van der Waals surface area contributed by atoms with Crippen LogP contribution in [0.5, 0.6) is 0 Å². The van der Waals surface area contributed by atoms with E-state index >= 15 is 0 Å². The summed E-state index contributed by atoms with van der Waals surface area (Å²) in [4.78, 5) is 0. The zero-order chi connectivity index (χ0) is 8.97. The summed E-state index contributed by atoms with van der Waals surface area (Å²) in [5, 5.41) is 2.76. The third-order valence-electron chi connectivity index (χ3n) is 1.61. The van der Waals surface area contributed by atoms with Crippen LogP contribution in [0.2, 0.25) is 0 Å². The number of anilines is 1. The Kier molecular flexibility index (Phi) is 3.05. The lowest BCUT2D eigenvalue weighted by atomic mass is 10.2. The second-order valence-corrected chi connectivity index (χ2v) is 2.50. The fourth-order valence-corrected chi connectivity index (χ4v) is 1.02. The number of halogens is 1. The van der Waals surface area contributed by atoms with Crippen LogP contribution < -0.4 is 5.32 Å². The van der Waals surface area contributed by atoms with Crippen molar-refractivity contribution in [3.05, 3.63) is 29.6 Å². The van der Waals surface area contributed by atoms with Crippen LogP contribution in [-0.2, 0) is 11.3 Å². The monoisotopic (exact) mass is 169 g/mol. The summed E-state index contributed by atoms with van der Waals surface area (Å²) in [6, 6.07) is 4.87. The highest BCUT2D eigenvalue weighted by atomic mass is 19.1. The van der Waals surface area contributed by atoms with Gasteiger partial charge in [-0.15, -0.1) is 0 Å². The van der Waals surface area contributed by atoms with E-state index < -0.39 is 0 Å². The number of ether oxygens (including phenoxy) is 1. The molecule has 0 aromatic heterocycles. The van der Waals surface area contributed by atoms with Gasteiger partial charge in [0.2, 0.25) is 0 Å². The minimum absolute atomic E-state index is 0.239.